The number of carbonyl (C=O) groups excluding carboxylic acids is 2. The summed E-state index contributed by atoms with van der Waals surface area (Å²) in [5.41, 5.74) is 7.27. The zero-order chi connectivity index (χ0) is 21.3. The molecular weight excluding hydrogens is 382 g/mol. The third-order valence-corrected chi connectivity index (χ3v) is 5.19. The second-order valence-electron chi connectivity index (χ2n) is 7.52. The van der Waals surface area contributed by atoms with E-state index in [0.29, 0.717) is 18.0 Å². The first-order chi connectivity index (χ1) is 14.5. The molecule has 0 radical (unpaired) electrons. The van der Waals surface area contributed by atoms with Crippen molar-refractivity contribution in [2.45, 2.75) is 25.9 Å². The number of nitrogens with one attached hydrogen (secondary N) is 1. The van der Waals surface area contributed by atoms with Crippen LogP contribution in [0.4, 0.5) is 0 Å². The Morgan fingerprint density at radius 2 is 1.93 bits per heavy atom. The number of primary amides is 1. The summed E-state index contributed by atoms with van der Waals surface area (Å²) in [5, 5.41) is 3.04. The molecule has 3 N–H and O–H groups in total. The Kier molecular flexibility index (Phi) is 7.68. The van der Waals surface area contributed by atoms with Crippen molar-refractivity contribution in [3.8, 4) is 11.5 Å². The van der Waals surface area contributed by atoms with Crippen LogP contribution in [0.25, 0.3) is 0 Å². The fourth-order valence-corrected chi connectivity index (χ4v) is 3.68. The normalized spacial score (nSPS) is 16.6. The van der Waals surface area contributed by atoms with Gasteiger partial charge in [-0.3, -0.25) is 14.5 Å². The number of hydrogen-bond donors (Lipinski definition) is 2. The van der Waals surface area contributed by atoms with Crippen molar-refractivity contribution in [2.75, 3.05) is 26.8 Å². The minimum atomic E-state index is -0.554. The van der Waals surface area contributed by atoms with Crippen molar-refractivity contribution < 1.29 is 19.1 Å². The molecular formula is C23H29N3O4. The standard InChI is InChI=1S/C23H29N3O4/c1-29-21-12-18(9-10-20(21)30-16-22(24)27)13-25-23(28)19-8-5-11-26(15-19)14-17-6-3-2-4-7-17/h2-4,6-7,9-10,12,19H,5,8,11,13-16H2,1H3,(H2,24,27)(H,25,28). The van der Waals surface area contributed by atoms with Gasteiger partial charge in [0, 0.05) is 19.6 Å². The van der Waals surface area contributed by atoms with Crippen LogP contribution in [0.3, 0.4) is 0 Å². The van der Waals surface area contributed by atoms with Gasteiger partial charge < -0.3 is 20.5 Å². The Balaban J connectivity index is 1.52. The van der Waals surface area contributed by atoms with Crippen LogP contribution in [-0.4, -0.2) is 43.5 Å². The average Bonchev–Trinajstić information content (AvgIpc) is 2.77. The average molecular weight is 412 g/mol. The third kappa shape index (κ3) is 6.22. The number of hydrogen-bond acceptors (Lipinski definition) is 5. The summed E-state index contributed by atoms with van der Waals surface area (Å²) in [6, 6.07) is 15.7. The summed E-state index contributed by atoms with van der Waals surface area (Å²) in [4.78, 5) is 26.0. The molecule has 1 saturated heterocycles. The molecule has 1 fully saturated rings. The molecule has 2 aromatic rings. The van der Waals surface area contributed by atoms with Crippen molar-refractivity contribution in [2.24, 2.45) is 11.7 Å². The molecule has 2 aromatic carbocycles. The van der Waals surface area contributed by atoms with Gasteiger partial charge in [0.25, 0.3) is 5.91 Å². The molecule has 3 rings (SSSR count). The van der Waals surface area contributed by atoms with Gasteiger partial charge in [-0.15, -0.1) is 0 Å². The van der Waals surface area contributed by atoms with Crippen molar-refractivity contribution in [3.05, 3.63) is 59.7 Å². The number of nitrogens with two attached hydrogens (primary N) is 1. The van der Waals surface area contributed by atoms with Crippen LogP contribution in [0.15, 0.2) is 48.5 Å². The van der Waals surface area contributed by atoms with Gasteiger partial charge in [0.15, 0.2) is 18.1 Å². The summed E-state index contributed by atoms with van der Waals surface area (Å²) < 4.78 is 10.6. The van der Waals surface area contributed by atoms with Gasteiger partial charge in [-0.2, -0.15) is 0 Å². The van der Waals surface area contributed by atoms with Gasteiger partial charge in [0.05, 0.1) is 13.0 Å². The lowest BCUT2D eigenvalue weighted by molar-refractivity contribution is -0.127. The van der Waals surface area contributed by atoms with Crippen LogP contribution in [0.2, 0.25) is 0 Å². The fourth-order valence-electron chi connectivity index (χ4n) is 3.68. The molecule has 1 aliphatic heterocycles. The molecule has 1 heterocycles. The Morgan fingerprint density at radius 1 is 1.13 bits per heavy atom. The van der Waals surface area contributed by atoms with E-state index in [-0.39, 0.29) is 18.4 Å². The molecule has 0 saturated carbocycles. The number of rotatable bonds is 9. The number of amides is 2. The van der Waals surface area contributed by atoms with E-state index in [1.165, 1.54) is 12.7 Å². The fraction of sp³-hybridized carbons (Fsp3) is 0.391. The largest absolute Gasteiger partial charge is 0.493 e. The van der Waals surface area contributed by atoms with Crippen LogP contribution in [-0.2, 0) is 22.7 Å². The number of ether oxygens (including phenoxy) is 2. The summed E-state index contributed by atoms with van der Waals surface area (Å²) in [6.07, 6.45) is 1.92. The lowest BCUT2D eigenvalue weighted by Crippen LogP contribution is -2.42. The van der Waals surface area contributed by atoms with E-state index in [1.54, 1.807) is 12.1 Å². The topological polar surface area (TPSA) is 93.9 Å². The molecule has 7 heteroatoms. The van der Waals surface area contributed by atoms with E-state index >= 15 is 0 Å². The first kappa shape index (κ1) is 21.6. The summed E-state index contributed by atoms with van der Waals surface area (Å²) in [7, 11) is 1.53. The number of benzene rings is 2. The maximum Gasteiger partial charge on any atom is 0.255 e. The molecule has 1 atom stereocenters. The number of nitrogens with zero attached hydrogens (tertiary/aromatic N) is 1. The Hall–Kier alpha value is -3.06. The van der Waals surface area contributed by atoms with Crippen LogP contribution >= 0.6 is 0 Å². The van der Waals surface area contributed by atoms with E-state index < -0.39 is 5.91 Å². The van der Waals surface area contributed by atoms with Gasteiger partial charge in [-0.25, -0.2) is 0 Å². The van der Waals surface area contributed by atoms with Crippen molar-refractivity contribution in [1.29, 1.82) is 0 Å². The Bertz CT molecular complexity index is 857. The van der Waals surface area contributed by atoms with E-state index in [1.807, 2.05) is 24.3 Å². The SMILES string of the molecule is COc1cc(CNC(=O)C2CCCN(Cc3ccccc3)C2)ccc1OCC(N)=O. The molecule has 1 aliphatic rings. The molecule has 0 aliphatic carbocycles. The second kappa shape index (κ2) is 10.6. The van der Waals surface area contributed by atoms with Gasteiger partial charge in [0.1, 0.15) is 0 Å². The van der Waals surface area contributed by atoms with Crippen molar-refractivity contribution in [1.82, 2.24) is 10.2 Å². The highest BCUT2D eigenvalue weighted by molar-refractivity contribution is 5.79. The predicted molar refractivity (Wildman–Crippen MR) is 114 cm³/mol. The highest BCUT2D eigenvalue weighted by atomic mass is 16.5. The maximum absolute atomic E-state index is 12.7. The number of likely N-dealkylation sites (tertiary alicyclic amines) is 1. The van der Waals surface area contributed by atoms with Gasteiger partial charge >= 0.3 is 0 Å². The predicted octanol–water partition coefficient (Wildman–Crippen LogP) is 2.09. The molecule has 0 spiro atoms. The highest BCUT2D eigenvalue weighted by Crippen LogP contribution is 2.28. The summed E-state index contributed by atoms with van der Waals surface area (Å²) in [6.45, 7) is 2.84. The molecule has 0 aromatic heterocycles. The van der Waals surface area contributed by atoms with Crippen LogP contribution in [0.5, 0.6) is 11.5 Å². The minimum Gasteiger partial charge on any atom is -0.493 e. The Morgan fingerprint density at radius 3 is 2.67 bits per heavy atom. The van der Waals surface area contributed by atoms with Crippen LogP contribution in [0.1, 0.15) is 24.0 Å². The zero-order valence-electron chi connectivity index (χ0n) is 17.3. The quantitative estimate of drug-likeness (QED) is 0.659. The van der Waals surface area contributed by atoms with Gasteiger partial charge in [0.2, 0.25) is 5.91 Å². The van der Waals surface area contributed by atoms with E-state index in [2.05, 4.69) is 22.3 Å². The number of methoxy groups -OCH3 is 1. The summed E-state index contributed by atoms with van der Waals surface area (Å²) >= 11 is 0. The van der Waals surface area contributed by atoms with Crippen LogP contribution < -0.4 is 20.5 Å². The lowest BCUT2D eigenvalue weighted by Gasteiger charge is -2.32. The smallest absolute Gasteiger partial charge is 0.255 e. The van der Waals surface area contributed by atoms with Gasteiger partial charge in [-0.05, 0) is 42.6 Å². The maximum atomic E-state index is 12.7. The highest BCUT2D eigenvalue weighted by Gasteiger charge is 2.25. The van der Waals surface area contributed by atoms with Crippen LogP contribution in [0, 0.1) is 5.92 Å². The monoisotopic (exact) mass is 411 g/mol. The molecule has 1 unspecified atom stereocenters. The van der Waals surface area contributed by atoms with Crippen molar-refractivity contribution in [3.63, 3.8) is 0 Å². The van der Waals surface area contributed by atoms with Gasteiger partial charge in [-0.1, -0.05) is 36.4 Å². The first-order valence-corrected chi connectivity index (χ1v) is 10.2. The second-order valence-corrected chi connectivity index (χ2v) is 7.52. The van der Waals surface area contributed by atoms with Crippen molar-refractivity contribution >= 4 is 11.8 Å². The first-order valence-electron chi connectivity index (χ1n) is 10.2. The molecule has 0 bridgehead atoms. The lowest BCUT2D eigenvalue weighted by atomic mass is 9.96. The minimum absolute atomic E-state index is 0.0115. The molecule has 2 amide bonds. The summed E-state index contributed by atoms with van der Waals surface area (Å²) in [5.74, 6) is 0.440. The van der Waals surface area contributed by atoms with E-state index in [0.717, 1.165) is 38.0 Å². The Labute approximate surface area is 177 Å². The van der Waals surface area contributed by atoms with E-state index in [4.69, 9.17) is 15.2 Å². The third-order valence-electron chi connectivity index (χ3n) is 5.19. The molecule has 160 valence electrons. The molecule has 30 heavy (non-hydrogen) atoms. The molecule has 7 nitrogen and oxygen atoms in total. The number of carbonyl (C=O) groups is 2. The number of piperidine rings is 1. The van der Waals surface area contributed by atoms with E-state index in [9.17, 15) is 9.59 Å². The zero-order valence-corrected chi connectivity index (χ0v) is 17.3.